The number of nitrogens with one attached hydrogen (secondary N) is 1. The summed E-state index contributed by atoms with van der Waals surface area (Å²) in [6.07, 6.45) is 3.52. The van der Waals surface area contributed by atoms with Crippen molar-refractivity contribution in [2.45, 2.75) is 53.1 Å². The molecule has 26 heavy (non-hydrogen) atoms. The topological polar surface area (TPSA) is 74.2 Å². The maximum Gasteiger partial charge on any atom is 0.216 e. The summed E-state index contributed by atoms with van der Waals surface area (Å²) < 4.78 is 31.7. The van der Waals surface area contributed by atoms with E-state index < -0.39 is 10.0 Å². The van der Waals surface area contributed by atoms with Crippen LogP contribution >= 0.6 is 24.0 Å². The average molecular weight is 504 g/mol. The predicted octanol–water partition coefficient (Wildman–Crippen LogP) is 2.13. The molecule has 0 bridgehead atoms. The van der Waals surface area contributed by atoms with Crippen LogP contribution in [-0.2, 0) is 14.8 Å². The second kappa shape index (κ2) is 14.0. The van der Waals surface area contributed by atoms with Crippen molar-refractivity contribution in [2.75, 3.05) is 51.6 Å². The molecular formula is C17H37IN4O3S. The Morgan fingerprint density at radius 1 is 1.15 bits per heavy atom. The fourth-order valence-corrected chi connectivity index (χ4v) is 3.95. The first-order chi connectivity index (χ1) is 11.9. The predicted molar refractivity (Wildman–Crippen MR) is 119 cm³/mol. The van der Waals surface area contributed by atoms with E-state index in [0.717, 1.165) is 25.5 Å². The number of ether oxygens (including phenoxy) is 1. The number of sulfonamides is 1. The van der Waals surface area contributed by atoms with E-state index in [1.54, 1.807) is 4.31 Å². The van der Waals surface area contributed by atoms with Gasteiger partial charge in [-0.3, -0.25) is 4.99 Å². The number of hydrogen-bond donors (Lipinski definition) is 1. The lowest BCUT2D eigenvalue weighted by Crippen LogP contribution is -2.54. The first-order valence-electron chi connectivity index (χ1n) is 9.53. The SMILES string of the molecule is CCCCCN=C(NCC)N1CCN(S(=O)(=O)CCOC(C)C)CC1.I. The van der Waals surface area contributed by atoms with Crippen LogP contribution in [0.15, 0.2) is 4.99 Å². The Morgan fingerprint density at radius 2 is 1.81 bits per heavy atom. The molecule has 1 rings (SSSR count). The number of unbranched alkanes of at least 4 members (excludes halogenated alkanes) is 2. The fourth-order valence-electron chi connectivity index (χ4n) is 2.67. The monoisotopic (exact) mass is 504 g/mol. The van der Waals surface area contributed by atoms with Gasteiger partial charge in [-0.05, 0) is 27.2 Å². The van der Waals surface area contributed by atoms with Crippen molar-refractivity contribution in [1.82, 2.24) is 14.5 Å². The average Bonchev–Trinajstić information content (AvgIpc) is 2.57. The highest BCUT2D eigenvalue weighted by Crippen LogP contribution is 2.09. The van der Waals surface area contributed by atoms with Crippen LogP contribution in [0.4, 0.5) is 0 Å². The number of hydrogen-bond acceptors (Lipinski definition) is 4. The first-order valence-corrected chi connectivity index (χ1v) is 11.1. The highest BCUT2D eigenvalue weighted by atomic mass is 127. The normalized spacial score (nSPS) is 16.7. The summed E-state index contributed by atoms with van der Waals surface area (Å²) in [5.74, 6) is 0.954. The maximum atomic E-state index is 12.4. The second-order valence-corrected chi connectivity index (χ2v) is 8.65. The fraction of sp³-hybridized carbons (Fsp3) is 0.941. The van der Waals surface area contributed by atoms with Gasteiger partial charge in [-0.25, -0.2) is 8.42 Å². The minimum absolute atomic E-state index is 0. The summed E-state index contributed by atoms with van der Waals surface area (Å²) in [5.41, 5.74) is 0. The molecule has 1 fully saturated rings. The van der Waals surface area contributed by atoms with Gasteiger partial charge in [0.05, 0.1) is 18.5 Å². The number of rotatable bonds is 10. The minimum atomic E-state index is -3.24. The summed E-state index contributed by atoms with van der Waals surface area (Å²) in [7, 11) is -3.24. The van der Waals surface area contributed by atoms with E-state index in [-0.39, 0.29) is 42.4 Å². The van der Waals surface area contributed by atoms with Crippen LogP contribution in [0.1, 0.15) is 47.0 Å². The van der Waals surface area contributed by atoms with E-state index in [2.05, 4.69) is 29.1 Å². The number of halogens is 1. The molecule has 0 aromatic carbocycles. The summed E-state index contributed by atoms with van der Waals surface area (Å²) in [5, 5.41) is 3.32. The van der Waals surface area contributed by atoms with Crippen LogP contribution in [0.2, 0.25) is 0 Å². The zero-order chi connectivity index (χ0) is 18.7. The molecule has 0 aromatic heterocycles. The van der Waals surface area contributed by atoms with Crippen LogP contribution in [0.3, 0.4) is 0 Å². The molecule has 0 amide bonds. The number of piperazine rings is 1. The van der Waals surface area contributed by atoms with E-state index in [1.165, 1.54) is 12.8 Å². The Bertz CT molecular complexity index is 492. The van der Waals surface area contributed by atoms with E-state index in [9.17, 15) is 8.42 Å². The molecule has 0 radical (unpaired) electrons. The Kier molecular flexibility index (Phi) is 13.9. The van der Waals surface area contributed by atoms with Crippen molar-refractivity contribution >= 4 is 40.0 Å². The molecule has 1 aliphatic rings. The molecular weight excluding hydrogens is 467 g/mol. The summed E-state index contributed by atoms with van der Waals surface area (Å²) >= 11 is 0. The van der Waals surface area contributed by atoms with Gasteiger partial charge < -0.3 is 15.0 Å². The van der Waals surface area contributed by atoms with Gasteiger partial charge >= 0.3 is 0 Å². The van der Waals surface area contributed by atoms with Crippen LogP contribution in [0.25, 0.3) is 0 Å². The van der Waals surface area contributed by atoms with Crippen LogP contribution in [-0.4, -0.2) is 81.3 Å². The third-order valence-electron chi connectivity index (χ3n) is 4.08. The van der Waals surface area contributed by atoms with Crippen LogP contribution < -0.4 is 5.32 Å². The number of aliphatic imine (C=N–C) groups is 1. The molecule has 0 aliphatic carbocycles. The zero-order valence-corrected chi connectivity index (χ0v) is 19.9. The maximum absolute atomic E-state index is 12.4. The summed E-state index contributed by atoms with van der Waals surface area (Å²) in [4.78, 5) is 6.83. The van der Waals surface area contributed by atoms with Crippen LogP contribution in [0.5, 0.6) is 0 Å². The number of guanidine groups is 1. The molecule has 0 unspecified atom stereocenters. The van der Waals surface area contributed by atoms with Gasteiger partial charge in [0.1, 0.15) is 0 Å². The van der Waals surface area contributed by atoms with E-state index in [0.29, 0.717) is 26.2 Å². The van der Waals surface area contributed by atoms with E-state index >= 15 is 0 Å². The van der Waals surface area contributed by atoms with Gasteiger partial charge in [0, 0.05) is 39.3 Å². The summed E-state index contributed by atoms with van der Waals surface area (Å²) in [6, 6.07) is 0. The molecule has 0 aromatic rings. The van der Waals surface area contributed by atoms with Gasteiger partial charge in [0.15, 0.2) is 5.96 Å². The van der Waals surface area contributed by atoms with Crippen molar-refractivity contribution in [2.24, 2.45) is 4.99 Å². The molecule has 1 N–H and O–H groups in total. The largest absolute Gasteiger partial charge is 0.378 e. The van der Waals surface area contributed by atoms with E-state index in [1.807, 2.05) is 13.8 Å². The second-order valence-electron chi connectivity index (χ2n) is 6.56. The van der Waals surface area contributed by atoms with Crippen molar-refractivity contribution in [3.8, 4) is 0 Å². The van der Waals surface area contributed by atoms with Gasteiger partial charge in [-0.15, -0.1) is 24.0 Å². The number of nitrogens with zero attached hydrogens (tertiary/aromatic N) is 3. The molecule has 1 aliphatic heterocycles. The Balaban J connectivity index is 0.00000625. The van der Waals surface area contributed by atoms with Crippen molar-refractivity contribution < 1.29 is 13.2 Å². The lowest BCUT2D eigenvalue weighted by Gasteiger charge is -2.36. The molecule has 0 saturated carbocycles. The lowest BCUT2D eigenvalue weighted by molar-refractivity contribution is 0.0904. The van der Waals surface area contributed by atoms with Crippen molar-refractivity contribution in [3.63, 3.8) is 0 Å². The van der Waals surface area contributed by atoms with Crippen LogP contribution in [0, 0.1) is 0 Å². The zero-order valence-electron chi connectivity index (χ0n) is 16.7. The molecule has 0 atom stereocenters. The Morgan fingerprint density at radius 3 is 2.35 bits per heavy atom. The highest BCUT2D eigenvalue weighted by molar-refractivity contribution is 14.0. The lowest BCUT2D eigenvalue weighted by atomic mass is 10.2. The van der Waals surface area contributed by atoms with Gasteiger partial charge in [-0.1, -0.05) is 19.8 Å². The summed E-state index contributed by atoms with van der Waals surface area (Å²) in [6.45, 7) is 12.3. The molecule has 9 heteroatoms. The Hall–Kier alpha value is -0.130. The first kappa shape index (κ1) is 25.9. The molecule has 0 spiro atoms. The standard InChI is InChI=1S/C17H36N4O3S.HI/c1-5-7-8-9-19-17(18-6-2)20-10-12-21(13-11-20)25(22,23)15-14-24-16(3)4;/h16H,5-15H2,1-4H3,(H,18,19);1H. The highest BCUT2D eigenvalue weighted by Gasteiger charge is 2.27. The van der Waals surface area contributed by atoms with E-state index in [4.69, 9.17) is 4.74 Å². The van der Waals surface area contributed by atoms with Crippen molar-refractivity contribution in [3.05, 3.63) is 0 Å². The Labute approximate surface area is 177 Å². The van der Waals surface area contributed by atoms with Gasteiger partial charge in [0.25, 0.3) is 0 Å². The smallest absolute Gasteiger partial charge is 0.216 e. The third kappa shape index (κ3) is 9.70. The molecule has 156 valence electrons. The molecule has 1 heterocycles. The molecule has 1 saturated heterocycles. The quantitative estimate of drug-likeness (QED) is 0.214. The molecule has 7 nitrogen and oxygen atoms in total. The minimum Gasteiger partial charge on any atom is -0.378 e. The van der Waals surface area contributed by atoms with Gasteiger partial charge in [0.2, 0.25) is 10.0 Å². The third-order valence-corrected chi connectivity index (χ3v) is 5.92. The van der Waals surface area contributed by atoms with Crippen molar-refractivity contribution in [1.29, 1.82) is 0 Å². The van der Waals surface area contributed by atoms with Gasteiger partial charge in [-0.2, -0.15) is 4.31 Å².